The van der Waals surface area contributed by atoms with Gasteiger partial charge in [0.15, 0.2) is 0 Å². The minimum atomic E-state index is -0.181. The third-order valence-corrected chi connectivity index (χ3v) is 1.67. The molecule has 0 spiro atoms. The molecule has 1 aliphatic heterocycles. The van der Waals surface area contributed by atoms with E-state index >= 15 is 0 Å². The van der Waals surface area contributed by atoms with Crippen LogP contribution in [0.1, 0.15) is 19.8 Å². The topological polar surface area (TPSA) is 26.3 Å². The van der Waals surface area contributed by atoms with Crippen molar-refractivity contribution < 1.29 is 9.53 Å². The summed E-state index contributed by atoms with van der Waals surface area (Å²) in [4.78, 5) is 10.8. The maximum Gasteiger partial charge on any atom is 0.334 e. The average Bonchev–Trinajstić information content (AvgIpc) is 2.28. The number of ether oxygens (including phenoxy) is 1. The summed E-state index contributed by atoms with van der Waals surface area (Å²) >= 11 is 0. The fourth-order valence-electron chi connectivity index (χ4n) is 1.04. The Morgan fingerprint density at radius 3 is 3.00 bits per heavy atom. The Morgan fingerprint density at radius 2 is 2.55 bits per heavy atom. The van der Waals surface area contributed by atoms with E-state index in [1.54, 1.807) is 6.92 Å². The number of esters is 1. The number of hydrogen-bond acceptors (Lipinski definition) is 2. The number of hydrogen-bond donors (Lipinski definition) is 0. The van der Waals surface area contributed by atoms with Crippen LogP contribution >= 0.6 is 0 Å². The highest BCUT2D eigenvalue weighted by molar-refractivity contribution is 5.90. The van der Waals surface area contributed by atoms with Gasteiger partial charge in [0.1, 0.15) is 6.10 Å². The van der Waals surface area contributed by atoms with Crippen LogP contribution in [0.15, 0.2) is 24.3 Å². The van der Waals surface area contributed by atoms with Crippen LogP contribution in [-0.2, 0) is 9.53 Å². The van der Waals surface area contributed by atoms with Crippen molar-refractivity contribution in [3.63, 3.8) is 0 Å². The molecule has 60 valence electrons. The Kier molecular flexibility index (Phi) is 2.47. The molecule has 1 atom stereocenters. The zero-order chi connectivity index (χ0) is 8.27. The quantitative estimate of drug-likeness (QED) is 0.455. The molecule has 0 aliphatic carbocycles. The van der Waals surface area contributed by atoms with Gasteiger partial charge < -0.3 is 4.74 Å². The molecular weight excluding hydrogens is 140 g/mol. The van der Waals surface area contributed by atoms with Crippen LogP contribution in [-0.4, -0.2) is 12.1 Å². The lowest BCUT2D eigenvalue weighted by Gasteiger charge is -2.04. The minimum Gasteiger partial charge on any atom is -0.455 e. The van der Waals surface area contributed by atoms with Gasteiger partial charge in [-0.1, -0.05) is 6.08 Å². The monoisotopic (exact) mass is 152 g/mol. The highest BCUT2D eigenvalue weighted by Crippen LogP contribution is 2.16. The van der Waals surface area contributed by atoms with E-state index in [0.29, 0.717) is 0 Å². The number of carbonyl (C=O) groups is 1. The van der Waals surface area contributed by atoms with E-state index in [1.165, 1.54) is 0 Å². The molecular formula is C9H12O2. The second-order valence-corrected chi connectivity index (χ2v) is 2.66. The smallest absolute Gasteiger partial charge is 0.334 e. The van der Waals surface area contributed by atoms with Crippen molar-refractivity contribution in [3.8, 4) is 0 Å². The van der Waals surface area contributed by atoms with Gasteiger partial charge in [0.05, 0.1) is 0 Å². The van der Waals surface area contributed by atoms with Crippen LogP contribution in [0.3, 0.4) is 0 Å². The van der Waals surface area contributed by atoms with Gasteiger partial charge in [-0.3, -0.25) is 0 Å². The summed E-state index contributed by atoms with van der Waals surface area (Å²) in [5.74, 6) is -0.181. The first-order valence-corrected chi connectivity index (χ1v) is 3.74. The van der Waals surface area contributed by atoms with Gasteiger partial charge in [0, 0.05) is 5.57 Å². The molecule has 0 aromatic rings. The van der Waals surface area contributed by atoms with Gasteiger partial charge in [-0.25, -0.2) is 4.79 Å². The van der Waals surface area contributed by atoms with Crippen molar-refractivity contribution in [1.29, 1.82) is 0 Å². The lowest BCUT2D eigenvalue weighted by Crippen LogP contribution is -2.07. The van der Waals surface area contributed by atoms with Crippen LogP contribution in [0.2, 0.25) is 0 Å². The van der Waals surface area contributed by atoms with Gasteiger partial charge in [-0.15, -0.1) is 6.58 Å². The van der Waals surface area contributed by atoms with Crippen LogP contribution in [0.5, 0.6) is 0 Å². The molecule has 0 amide bonds. The molecule has 0 saturated carbocycles. The molecule has 1 heterocycles. The van der Waals surface area contributed by atoms with Crippen molar-refractivity contribution in [3.05, 3.63) is 24.3 Å². The molecule has 0 saturated heterocycles. The molecule has 1 unspecified atom stereocenters. The Bertz CT molecular complexity index is 204. The highest BCUT2D eigenvalue weighted by Gasteiger charge is 2.20. The molecule has 2 nitrogen and oxygen atoms in total. The molecule has 1 aliphatic rings. The third kappa shape index (κ3) is 1.93. The van der Waals surface area contributed by atoms with Crippen LogP contribution in [0.25, 0.3) is 0 Å². The maximum atomic E-state index is 10.8. The summed E-state index contributed by atoms with van der Waals surface area (Å²) in [6, 6.07) is 0. The Morgan fingerprint density at radius 1 is 1.82 bits per heavy atom. The molecule has 0 radical (unpaired) electrons. The Hall–Kier alpha value is -1.05. The summed E-state index contributed by atoms with van der Waals surface area (Å²) in [6.07, 6.45) is 5.43. The van der Waals surface area contributed by atoms with Gasteiger partial charge in [-0.2, -0.15) is 0 Å². The first-order valence-electron chi connectivity index (χ1n) is 3.74. The SMILES string of the molecule is C=CCCC1C=C(C)C(=O)O1. The number of cyclic esters (lactones) is 1. The van der Waals surface area contributed by atoms with E-state index < -0.39 is 0 Å². The van der Waals surface area contributed by atoms with E-state index in [2.05, 4.69) is 6.58 Å². The number of rotatable bonds is 3. The summed E-state index contributed by atoms with van der Waals surface area (Å²) < 4.78 is 5.00. The highest BCUT2D eigenvalue weighted by atomic mass is 16.5. The number of carbonyl (C=O) groups excluding carboxylic acids is 1. The van der Waals surface area contributed by atoms with Crippen molar-refractivity contribution in [2.24, 2.45) is 0 Å². The Labute approximate surface area is 66.5 Å². The Balaban J connectivity index is 2.41. The van der Waals surface area contributed by atoms with Gasteiger partial charge >= 0.3 is 5.97 Å². The van der Waals surface area contributed by atoms with E-state index in [9.17, 15) is 4.79 Å². The minimum absolute atomic E-state index is 0.0134. The molecule has 2 heteroatoms. The second kappa shape index (κ2) is 3.37. The largest absolute Gasteiger partial charge is 0.455 e. The van der Waals surface area contributed by atoms with E-state index in [-0.39, 0.29) is 12.1 Å². The first-order chi connectivity index (χ1) is 5.24. The van der Waals surface area contributed by atoms with Crippen molar-refractivity contribution in [2.45, 2.75) is 25.9 Å². The van der Waals surface area contributed by atoms with Gasteiger partial charge in [0.25, 0.3) is 0 Å². The number of allylic oxidation sites excluding steroid dienone is 1. The summed E-state index contributed by atoms with van der Waals surface area (Å²) in [6.45, 7) is 5.37. The predicted molar refractivity (Wildman–Crippen MR) is 43.1 cm³/mol. The zero-order valence-corrected chi connectivity index (χ0v) is 6.67. The molecule has 1 rings (SSSR count). The molecule has 0 N–H and O–H groups in total. The summed E-state index contributed by atoms with van der Waals surface area (Å²) in [7, 11) is 0. The first kappa shape index (κ1) is 8.05. The second-order valence-electron chi connectivity index (χ2n) is 2.66. The molecule has 0 aromatic carbocycles. The molecule has 0 aromatic heterocycles. The lowest BCUT2D eigenvalue weighted by molar-refractivity contribution is -0.139. The van der Waals surface area contributed by atoms with Crippen LogP contribution in [0.4, 0.5) is 0 Å². The van der Waals surface area contributed by atoms with E-state index in [1.807, 2.05) is 12.2 Å². The van der Waals surface area contributed by atoms with Gasteiger partial charge in [0.2, 0.25) is 0 Å². The standard InChI is InChI=1S/C9H12O2/c1-3-4-5-8-6-7(2)9(10)11-8/h3,6,8H,1,4-5H2,2H3. The maximum absolute atomic E-state index is 10.8. The lowest BCUT2D eigenvalue weighted by atomic mass is 10.2. The fraction of sp³-hybridized carbons (Fsp3) is 0.444. The van der Waals surface area contributed by atoms with Crippen molar-refractivity contribution in [2.75, 3.05) is 0 Å². The van der Waals surface area contributed by atoms with Crippen LogP contribution in [0, 0.1) is 0 Å². The van der Waals surface area contributed by atoms with Crippen molar-refractivity contribution in [1.82, 2.24) is 0 Å². The fourth-order valence-corrected chi connectivity index (χ4v) is 1.04. The third-order valence-electron chi connectivity index (χ3n) is 1.67. The summed E-state index contributed by atoms with van der Waals surface area (Å²) in [5, 5.41) is 0. The van der Waals surface area contributed by atoms with E-state index in [0.717, 1.165) is 18.4 Å². The summed E-state index contributed by atoms with van der Waals surface area (Å²) in [5.41, 5.74) is 0.721. The normalized spacial score (nSPS) is 22.8. The zero-order valence-electron chi connectivity index (χ0n) is 6.67. The van der Waals surface area contributed by atoms with Crippen molar-refractivity contribution >= 4 is 5.97 Å². The average molecular weight is 152 g/mol. The predicted octanol–water partition coefficient (Wildman–Crippen LogP) is 1.82. The molecule has 0 fully saturated rings. The van der Waals surface area contributed by atoms with E-state index in [4.69, 9.17) is 4.74 Å². The molecule has 11 heavy (non-hydrogen) atoms. The van der Waals surface area contributed by atoms with Gasteiger partial charge in [-0.05, 0) is 25.8 Å². The van der Waals surface area contributed by atoms with Crippen LogP contribution < -0.4 is 0 Å². The molecule has 0 bridgehead atoms.